The van der Waals surface area contributed by atoms with Crippen LogP contribution in [-0.2, 0) is 11.3 Å². The number of carbonyl (C=O) groups is 2. The highest BCUT2D eigenvalue weighted by molar-refractivity contribution is 5.99. The van der Waals surface area contributed by atoms with Crippen molar-refractivity contribution in [3.8, 4) is 11.3 Å². The summed E-state index contributed by atoms with van der Waals surface area (Å²) < 4.78 is 18.6. The maximum absolute atomic E-state index is 13.3. The maximum atomic E-state index is 13.3. The molecule has 1 saturated heterocycles. The zero-order valence-electron chi connectivity index (χ0n) is 16.2. The van der Waals surface area contributed by atoms with Gasteiger partial charge < -0.3 is 15.0 Å². The van der Waals surface area contributed by atoms with Crippen molar-refractivity contribution < 1.29 is 18.7 Å². The summed E-state index contributed by atoms with van der Waals surface area (Å²) >= 11 is 0. The van der Waals surface area contributed by atoms with Crippen molar-refractivity contribution in [3.63, 3.8) is 0 Å². The molecule has 3 aromatic rings. The van der Waals surface area contributed by atoms with E-state index >= 15 is 0 Å². The molecule has 0 aliphatic carbocycles. The summed E-state index contributed by atoms with van der Waals surface area (Å²) in [5.41, 5.74) is 3.15. The van der Waals surface area contributed by atoms with E-state index in [0.29, 0.717) is 44.1 Å². The Hall–Kier alpha value is -3.52. The van der Waals surface area contributed by atoms with Gasteiger partial charge in [-0.2, -0.15) is 5.10 Å². The first kappa shape index (κ1) is 19.8. The fourth-order valence-electron chi connectivity index (χ4n) is 3.31. The van der Waals surface area contributed by atoms with E-state index in [4.69, 9.17) is 4.74 Å². The van der Waals surface area contributed by atoms with Gasteiger partial charge in [0, 0.05) is 30.8 Å². The van der Waals surface area contributed by atoms with Gasteiger partial charge in [0.05, 0.1) is 30.7 Å². The van der Waals surface area contributed by atoms with Crippen molar-refractivity contribution >= 4 is 11.8 Å². The first-order chi connectivity index (χ1) is 14.6. The summed E-state index contributed by atoms with van der Waals surface area (Å²) in [7, 11) is 0. The highest BCUT2D eigenvalue weighted by atomic mass is 19.1. The third-order valence-electron chi connectivity index (χ3n) is 4.95. The monoisotopic (exact) mass is 408 g/mol. The SMILES string of the molecule is O=C(NCc1ccc(-c2[nH]ncc2C(=O)N2CCOCC2)cc1)c1cccc(F)c1. The average molecular weight is 408 g/mol. The van der Waals surface area contributed by atoms with E-state index in [1.54, 1.807) is 17.2 Å². The molecule has 7 nitrogen and oxygen atoms in total. The molecule has 0 saturated carbocycles. The Morgan fingerprint density at radius 2 is 1.90 bits per heavy atom. The molecule has 1 aromatic heterocycles. The highest BCUT2D eigenvalue weighted by Crippen LogP contribution is 2.23. The lowest BCUT2D eigenvalue weighted by Crippen LogP contribution is -2.40. The number of halogens is 1. The molecular formula is C22H21FN4O3. The minimum atomic E-state index is -0.450. The largest absolute Gasteiger partial charge is 0.378 e. The van der Waals surface area contributed by atoms with E-state index in [-0.39, 0.29) is 17.4 Å². The summed E-state index contributed by atoms with van der Waals surface area (Å²) in [5.74, 6) is -0.868. The Labute approximate surface area is 172 Å². The summed E-state index contributed by atoms with van der Waals surface area (Å²) in [6.45, 7) is 2.50. The Balaban J connectivity index is 1.42. The first-order valence-corrected chi connectivity index (χ1v) is 9.65. The second-order valence-electron chi connectivity index (χ2n) is 6.95. The molecule has 2 aromatic carbocycles. The number of carbonyl (C=O) groups excluding carboxylic acids is 2. The van der Waals surface area contributed by atoms with Gasteiger partial charge in [-0.25, -0.2) is 4.39 Å². The molecule has 4 rings (SSSR count). The van der Waals surface area contributed by atoms with Gasteiger partial charge in [0.25, 0.3) is 11.8 Å². The number of hydrogen-bond donors (Lipinski definition) is 2. The van der Waals surface area contributed by atoms with Crippen LogP contribution in [0.2, 0.25) is 0 Å². The van der Waals surface area contributed by atoms with Gasteiger partial charge in [0.1, 0.15) is 5.82 Å². The van der Waals surface area contributed by atoms with Gasteiger partial charge >= 0.3 is 0 Å². The van der Waals surface area contributed by atoms with Crippen LogP contribution in [0.3, 0.4) is 0 Å². The number of morpholine rings is 1. The number of benzene rings is 2. The topological polar surface area (TPSA) is 87.3 Å². The number of aromatic amines is 1. The standard InChI is InChI=1S/C22H21FN4O3/c23-18-3-1-2-17(12-18)21(28)24-13-15-4-6-16(7-5-15)20-19(14-25-26-20)22(29)27-8-10-30-11-9-27/h1-7,12,14H,8-11,13H2,(H,24,28)(H,25,26). The number of nitrogens with one attached hydrogen (secondary N) is 2. The van der Waals surface area contributed by atoms with Gasteiger partial charge in [-0.15, -0.1) is 0 Å². The zero-order chi connectivity index (χ0) is 20.9. The lowest BCUT2D eigenvalue weighted by atomic mass is 10.0. The van der Waals surface area contributed by atoms with Crippen molar-refractivity contribution in [1.29, 1.82) is 0 Å². The molecule has 1 aliphatic rings. The molecule has 0 spiro atoms. The van der Waals surface area contributed by atoms with Gasteiger partial charge in [0.2, 0.25) is 0 Å². The van der Waals surface area contributed by atoms with E-state index in [1.807, 2.05) is 24.3 Å². The normalized spacial score (nSPS) is 13.8. The fourth-order valence-corrected chi connectivity index (χ4v) is 3.31. The molecule has 154 valence electrons. The molecule has 2 amide bonds. The maximum Gasteiger partial charge on any atom is 0.257 e. The van der Waals surface area contributed by atoms with Gasteiger partial charge in [0.15, 0.2) is 0 Å². The van der Waals surface area contributed by atoms with E-state index in [9.17, 15) is 14.0 Å². The van der Waals surface area contributed by atoms with Crippen LogP contribution in [0, 0.1) is 5.82 Å². The number of rotatable bonds is 5. The Bertz CT molecular complexity index is 1040. The summed E-state index contributed by atoms with van der Waals surface area (Å²) in [5, 5.41) is 9.72. The van der Waals surface area contributed by atoms with Crippen LogP contribution in [0.25, 0.3) is 11.3 Å². The van der Waals surface area contributed by atoms with Crippen molar-refractivity contribution in [2.24, 2.45) is 0 Å². The second kappa shape index (κ2) is 8.87. The van der Waals surface area contributed by atoms with Crippen molar-refractivity contribution in [1.82, 2.24) is 20.4 Å². The predicted octanol–water partition coefficient (Wildman–Crippen LogP) is 2.62. The highest BCUT2D eigenvalue weighted by Gasteiger charge is 2.23. The summed E-state index contributed by atoms with van der Waals surface area (Å²) in [4.78, 5) is 26.7. The van der Waals surface area contributed by atoms with Crippen LogP contribution in [0.15, 0.2) is 54.7 Å². The van der Waals surface area contributed by atoms with E-state index in [0.717, 1.165) is 11.1 Å². The molecule has 0 unspecified atom stereocenters. The molecule has 2 heterocycles. The molecule has 2 N–H and O–H groups in total. The van der Waals surface area contributed by atoms with Gasteiger partial charge in [-0.05, 0) is 23.8 Å². The average Bonchev–Trinajstić information content (AvgIpc) is 3.28. The Morgan fingerprint density at radius 1 is 1.13 bits per heavy atom. The molecule has 1 aliphatic heterocycles. The minimum Gasteiger partial charge on any atom is -0.378 e. The summed E-state index contributed by atoms with van der Waals surface area (Å²) in [6.07, 6.45) is 1.54. The van der Waals surface area contributed by atoms with Crippen LogP contribution in [-0.4, -0.2) is 53.2 Å². The van der Waals surface area contributed by atoms with E-state index in [1.165, 1.54) is 18.2 Å². The predicted molar refractivity (Wildman–Crippen MR) is 108 cm³/mol. The number of ether oxygens (including phenoxy) is 1. The van der Waals surface area contributed by atoms with Gasteiger partial charge in [-0.1, -0.05) is 30.3 Å². The van der Waals surface area contributed by atoms with Crippen molar-refractivity contribution in [3.05, 3.63) is 77.2 Å². The zero-order valence-corrected chi connectivity index (χ0v) is 16.2. The van der Waals surface area contributed by atoms with E-state index < -0.39 is 5.82 Å². The molecule has 30 heavy (non-hydrogen) atoms. The van der Waals surface area contributed by atoms with Crippen LogP contribution in [0.5, 0.6) is 0 Å². The van der Waals surface area contributed by atoms with Crippen molar-refractivity contribution in [2.75, 3.05) is 26.3 Å². The van der Waals surface area contributed by atoms with Crippen LogP contribution >= 0.6 is 0 Å². The number of H-pyrrole nitrogens is 1. The van der Waals surface area contributed by atoms with E-state index in [2.05, 4.69) is 15.5 Å². The molecule has 1 fully saturated rings. The quantitative estimate of drug-likeness (QED) is 0.680. The first-order valence-electron chi connectivity index (χ1n) is 9.65. The molecule has 0 atom stereocenters. The van der Waals surface area contributed by atoms with Crippen molar-refractivity contribution in [2.45, 2.75) is 6.54 Å². The Morgan fingerprint density at radius 3 is 2.63 bits per heavy atom. The number of aromatic nitrogens is 2. The number of nitrogens with zero attached hydrogens (tertiary/aromatic N) is 2. The smallest absolute Gasteiger partial charge is 0.257 e. The molecule has 0 bridgehead atoms. The Kier molecular flexibility index (Phi) is 5.85. The summed E-state index contributed by atoms with van der Waals surface area (Å²) in [6, 6.07) is 13.0. The molecular weight excluding hydrogens is 387 g/mol. The molecule has 8 heteroatoms. The van der Waals surface area contributed by atoms with Gasteiger partial charge in [-0.3, -0.25) is 14.7 Å². The second-order valence-corrected chi connectivity index (χ2v) is 6.95. The third kappa shape index (κ3) is 4.38. The molecule has 0 radical (unpaired) electrons. The third-order valence-corrected chi connectivity index (χ3v) is 4.95. The van der Waals surface area contributed by atoms with Crippen LogP contribution in [0.1, 0.15) is 26.3 Å². The fraction of sp³-hybridized carbons (Fsp3) is 0.227. The lowest BCUT2D eigenvalue weighted by molar-refractivity contribution is 0.0303. The number of hydrogen-bond acceptors (Lipinski definition) is 4. The minimum absolute atomic E-state index is 0.0755. The van der Waals surface area contributed by atoms with Crippen LogP contribution in [0.4, 0.5) is 4.39 Å². The number of amides is 2. The lowest BCUT2D eigenvalue weighted by Gasteiger charge is -2.26. The van der Waals surface area contributed by atoms with Crippen LogP contribution < -0.4 is 5.32 Å².